The van der Waals surface area contributed by atoms with E-state index in [1.165, 1.54) is 24.3 Å². The fourth-order valence-corrected chi connectivity index (χ4v) is 8.36. The number of fused-ring (bicyclic) bond motifs is 2. The quantitative estimate of drug-likeness (QED) is 0.145. The molecule has 2 aromatic rings. The predicted octanol–water partition coefficient (Wildman–Crippen LogP) is 6.04. The van der Waals surface area contributed by atoms with Gasteiger partial charge in [-0.05, 0) is 24.3 Å². The Labute approximate surface area is 236 Å². The second-order valence-electron chi connectivity index (χ2n) is 7.74. The third-order valence-electron chi connectivity index (χ3n) is 4.75. The van der Waals surface area contributed by atoms with E-state index in [-0.39, 0.29) is 60.1 Å². The fraction of sp³-hybridized carbons (Fsp3) is 0.238. The van der Waals surface area contributed by atoms with Crippen LogP contribution in [0, 0.1) is 27.7 Å². The first-order valence-corrected chi connectivity index (χ1v) is 17.1. The Bertz CT molecular complexity index is 1020. The molecule has 3 aliphatic rings. The van der Waals surface area contributed by atoms with E-state index in [1.807, 2.05) is 0 Å². The minimum atomic E-state index is -6.00. The van der Waals surface area contributed by atoms with E-state index in [9.17, 15) is 53.7 Å². The fourth-order valence-electron chi connectivity index (χ4n) is 3.15. The zero-order valence-electron chi connectivity index (χ0n) is 20.3. The second-order valence-corrected chi connectivity index (χ2v) is 14.0. The van der Waals surface area contributed by atoms with E-state index >= 15 is 0 Å². The SMILES string of the molecule is C1C[CH2][U][CH2]C1.F[B-](F)(F)F.F[B-](F)(F)F.O=C1c2ccccc2C(=O)N1O.O=C1c2ccccc2C(=O)N1O. The van der Waals surface area contributed by atoms with Crippen molar-refractivity contribution in [3.63, 3.8) is 0 Å². The summed E-state index contributed by atoms with van der Waals surface area (Å²) in [5, 5.41) is 18.1. The molecule has 8 nitrogen and oxygen atoms in total. The topological polar surface area (TPSA) is 115 Å². The van der Waals surface area contributed by atoms with Crippen LogP contribution in [0.2, 0.25) is 6.91 Å². The van der Waals surface area contributed by atoms with Crippen LogP contribution in [-0.2, 0) is 0 Å². The van der Waals surface area contributed by atoms with Gasteiger partial charge in [0.25, 0.3) is 23.6 Å². The van der Waals surface area contributed by atoms with Gasteiger partial charge in [0.05, 0.1) is 22.3 Å². The van der Waals surface area contributed by atoms with Crippen molar-refractivity contribution in [2.45, 2.75) is 26.2 Å². The molecular formula is C21H20B2F8N2O6U-2. The molecule has 0 aromatic heterocycles. The van der Waals surface area contributed by atoms with Crippen LogP contribution in [0.5, 0.6) is 0 Å². The van der Waals surface area contributed by atoms with Gasteiger partial charge in [-0.3, -0.25) is 29.6 Å². The Kier molecular flexibility index (Phi) is 14.0. The van der Waals surface area contributed by atoms with Gasteiger partial charge in [-0.2, -0.15) is 0 Å². The molecule has 0 unspecified atom stereocenters. The van der Waals surface area contributed by atoms with Crippen LogP contribution in [0.4, 0.5) is 34.5 Å². The minimum Gasteiger partial charge on any atom is -0.418 e. The molecule has 1 saturated heterocycles. The number of amides is 4. The van der Waals surface area contributed by atoms with Crippen LogP contribution in [0.25, 0.3) is 0 Å². The Morgan fingerprint density at radius 2 is 0.750 bits per heavy atom. The smallest absolute Gasteiger partial charge is 0.418 e. The third kappa shape index (κ3) is 12.6. The Balaban J connectivity index is 0.000000267. The van der Waals surface area contributed by atoms with Gasteiger partial charge in [0.15, 0.2) is 0 Å². The average molecular weight is 808 g/mol. The van der Waals surface area contributed by atoms with Gasteiger partial charge >= 0.3 is 68.4 Å². The second kappa shape index (κ2) is 15.9. The summed E-state index contributed by atoms with van der Waals surface area (Å²) in [6.45, 7) is 0. The van der Waals surface area contributed by atoms with Crippen LogP contribution in [-0.4, -0.2) is 58.7 Å². The number of imide groups is 2. The molecule has 2 N–H and O–H groups in total. The molecule has 5 rings (SSSR count). The molecule has 0 atom stereocenters. The number of hydrogen-bond acceptors (Lipinski definition) is 6. The van der Waals surface area contributed by atoms with Crippen molar-refractivity contribution in [3.8, 4) is 0 Å². The molecule has 3 heterocycles. The molecule has 2 aromatic carbocycles. The summed E-state index contributed by atoms with van der Waals surface area (Å²) in [4.78, 5) is 44.2. The summed E-state index contributed by atoms with van der Waals surface area (Å²) in [5.41, 5.74) is 1.02. The zero-order chi connectivity index (χ0) is 30.7. The summed E-state index contributed by atoms with van der Waals surface area (Å²) >= 11 is 0.00666. The van der Waals surface area contributed by atoms with Crippen LogP contribution in [0.15, 0.2) is 48.5 Å². The van der Waals surface area contributed by atoms with Crippen molar-refractivity contribution in [2.24, 2.45) is 0 Å². The van der Waals surface area contributed by atoms with Crippen LogP contribution >= 0.6 is 0 Å². The molecule has 0 radical (unpaired) electrons. The molecular weight excluding hydrogens is 788 g/mol. The molecule has 4 amide bonds. The van der Waals surface area contributed by atoms with Crippen molar-refractivity contribution in [1.29, 1.82) is 0 Å². The molecule has 3 aliphatic heterocycles. The summed E-state index contributed by atoms with van der Waals surface area (Å²) in [5.74, 6) is -2.63. The summed E-state index contributed by atoms with van der Waals surface area (Å²) in [6, 6.07) is 12.6. The Morgan fingerprint density at radius 1 is 0.525 bits per heavy atom. The van der Waals surface area contributed by atoms with Crippen molar-refractivity contribution in [2.75, 3.05) is 0 Å². The number of hydrogen-bond donors (Lipinski definition) is 2. The maximum Gasteiger partial charge on any atom is 0.673 e. The molecule has 0 saturated carbocycles. The van der Waals surface area contributed by atoms with Gasteiger partial charge in [0, 0.05) is 0 Å². The third-order valence-corrected chi connectivity index (χ3v) is 10.6. The van der Waals surface area contributed by atoms with Gasteiger partial charge in [-0.15, -0.1) is 10.1 Å². The normalized spacial score (nSPS) is 15.3. The first kappa shape index (κ1) is 35.3. The molecule has 0 aliphatic carbocycles. The number of benzene rings is 2. The van der Waals surface area contributed by atoms with Crippen molar-refractivity contribution in [1.82, 2.24) is 10.1 Å². The number of carbonyl (C=O) groups is 4. The molecule has 19 heteroatoms. The van der Waals surface area contributed by atoms with Crippen LogP contribution in [0.1, 0.15) is 60.7 Å². The predicted molar refractivity (Wildman–Crippen MR) is 121 cm³/mol. The van der Waals surface area contributed by atoms with E-state index < -0.39 is 38.1 Å². The van der Waals surface area contributed by atoms with E-state index in [0.29, 0.717) is 0 Å². The van der Waals surface area contributed by atoms with Crippen LogP contribution in [0.3, 0.4) is 0 Å². The summed E-state index contributed by atoms with van der Waals surface area (Å²) in [6.07, 6.45) is 4.74. The maximum atomic E-state index is 11.1. The first-order valence-electron chi connectivity index (χ1n) is 11.2. The van der Waals surface area contributed by atoms with E-state index in [1.54, 1.807) is 50.4 Å². The van der Waals surface area contributed by atoms with Gasteiger partial charge in [0.1, 0.15) is 0 Å². The van der Waals surface area contributed by atoms with Crippen molar-refractivity contribution >= 4 is 38.1 Å². The molecule has 218 valence electrons. The van der Waals surface area contributed by atoms with Gasteiger partial charge in [-0.25, -0.2) is 0 Å². The number of carbonyl (C=O) groups excluding carboxylic acids is 4. The molecule has 40 heavy (non-hydrogen) atoms. The standard InChI is InChI=1S/2C8H5NO3.C5H10.2BF4.U/c2*10-7-5-3-1-2-4-6(5)8(11)9(7)12;1-3-5-4-2;2*2-1(3,4)5;/h2*1-4,12H;1-5H2;;;/q;;;2*-1;. The van der Waals surface area contributed by atoms with E-state index in [2.05, 4.69) is 0 Å². The average Bonchev–Trinajstić information content (AvgIpc) is 3.24. The minimum absolute atomic E-state index is 0.00666. The largest absolute Gasteiger partial charge is 0.673 e. The molecule has 1 fully saturated rings. The maximum absolute atomic E-state index is 11.1. The van der Waals surface area contributed by atoms with Gasteiger partial charge < -0.3 is 34.5 Å². The number of nitrogens with zero attached hydrogens (tertiary/aromatic N) is 2. The molecule has 0 bridgehead atoms. The Morgan fingerprint density at radius 3 is 0.900 bits per heavy atom. The Hall–Kier alpha value is -2.74. The van der Waals surface area contributed by atoms with Crippen molar-refractivity contribution in [3.05, 3.63) is 70.8 Å². The number of hydroxylamine groups is 4. The summed E-state index contributed by atoms with van der Waals surface area (Å²) in [7, 11) is -12.0. The monoisotopic (exact) mass is 808 g/mol. The van der Waals surface area contributed by atoms with Crippen LogP contribution < -0.4 is 0 Å². The number of rotatable bonds is 0. The van der Waals surface area contributed by atoms with E-state index in [4.69, 9.17) is 10.4 Å². The summed E-state index contributed by atoms with van der Waals surface area (Å²) < 4.78 is 81.4. The van der Waals surface area contributed by atoms with Gasteiger partial charge in [0.2, 0.25) is 0 Å². The van der Waals surface area contributed by atoms with E-state index in [0.717, 1.165) is 0 Å². The zero-order valence-corrected chi connectivity index (χ0v) is 24.4. The van der Waals surface area contributed by atoms with Crippen molar-refractivity contribution < 1.29 is 91.8 Å². The van der Waals surface area contributed by atoms with Gasteiger partial charge in [-0.1, -0.05) is 24.3 Å². The number of halogens is 8. The molecule has 0 spiro atoms. The first-order chi connectivity index (χ1) is 18.4.